The fraction of sp³-hybridized carbons (Fsp3) is 0.263. The van der Waals surface area contributed by atoms with Crippen LogP contribution in [0.5, 0.6) is 11.5 Å². The van der Waals surface area contributed by atoms with Gasteiger partial charge < -0.3 is 9.47 Å². The smallest absolute Gasteiger partial charge is 0.244 e. The van der Waals surface area contributed by atoms with E-state index in [9.17, 15) is 4.79 Å². The van der Waals surface area contributed by atoms with E-state index in [1.54, 1.807) is 31.4 Å². The molecule has 0 spiro atoms. The maximum atomic E-state index is 11.9. The van der Waals surface area contributed by atoms with Gasteiger partial charge in [0.25, 0.3) is 0 Å². The summed E-state index contributed by atoms with van der Waals surface area (Å²) < 4.78 is 10.7. The van der Waals surface area contributed by atoms with Gasteiger partial charge in [0.2, 0.25) is 5.91 Å². The molecule has 0 aliphatic heterocycles. The lowest BCUT2D eigenvalue weighted by Crippen LogP contribution is -2.19. The molecular weight excluding hydrogens is 375 g/mol. The molecule has 1 amide bonds. The van der Waals surface area contributed by atoms with Crippen molar-refractivity contribution < 1.29 is 14.3 Å². The molecular formula is C19H20Cl2N2O3. The van der Waals surface area contributed by atoms with Crippen LogP contribution in [0.3, 0.4) is 0 Å². The van der Waals surface area contributed by atoms with Crippen LogP contribution in [0.15, 0.2) is 41.5 Å². The lowest BCUT2D eigenvalue weighted by Gasteiger charge is -2.13. The maximum Gasteiger partial charge on any atom is 0.244 e. The Morgan fingerprint density at radius 3 is 2.35 bits per heavy atom. The van der Waals surface area contributed by atoms with E-state index in [0.717, 1.165) is 11.3 Å². The van der Waals surface area contributed by atoms with Crippen LogP contribution in [0.1, 0.15) is 25.0 Å². The van der Waals surface area contributed by atoms with Crippen molar-refractivity contribution in [1.82, 2.24) is 5.43 Å². The summed E-state index contributed by atoms with van der Waals surface area (Å²) >= 11 is 12.4. The van der Waals surface area contributed by atoms with E-state index in [-0.39, 0.29) is 18.4 Å². The SMILES string of the molecule is COc1ccc(CC(=O)N/N=C\c2cc(Cl)c(OC(C)C)c(Cl)c2)cc1. The van der Waals surface area contributed by atoms with Gasteiger partial charge in [-0.2, -0.15) is 5.10 Å². The fourth-order valence-electron chi connectivity index (χ4n) is 2.15. The van der Waals surface area contributed by atoms with Crippen molar-refractivity contribution in [3.8, 4) is 11.5 Å². The Bertz CT molecular complexity index is 767. The number of methoxy groups -OCH3 is 1. The normalized spacial score (nSPS) is 11.0. The lowest BCUT2D eigenvalue weighted by atomic mass is 10.1. The highest BCUT2D eigenvalue weighted by atomic mass is 35.5. The molecule has 2 aromatic carbocycles. The summed E-state index contributed by atoms with van der Waals surface area (Å²) in [7, 11) is 1.59. The Hall–Kier alpha value is -2.24. The van der Waals surface area contributed by atoms with Gasteiger partial charge in [0.05, 0.1) is 35.9 Å². The zero-order chi connectivity index (χ0) is 19.1. The van der Waals surface area contributed by atoms with E-state index in [1.165, 1.54) is 6.21 Å². The van der Waals surface area contributed by atoms with Crippen LogP contribution < -0.4 is 14.9 Å². The fourth-order valence-corrected chi connectivity index (χ4v) is 2.74. The van der Waals surface area contributed by atoms with E-state index >= 15 is 0 Å². The number of carbonyl (C=O) groups excluding carboxylic acids is 1. The van der Waals surface area contributed by atoms with Crippen molar-refractivity contribution in [2.75, 3.05) is 7.11 Å². The molecule has 1 N–H and O–H groups in total. The maximum absolute atomic E-state index is 11.9. The Labute approximate surface area is 162 Å². The molecule has 0 radical (unpaired) electrons. The molecule has 138 valence electrons. The Kier molecular flexibility index (Phi) is 7.30. The lowest BCUT2D eigenvalue weighted by molar-refractivity contribution is -0.120. The minimum absolute atomic E-state index is 0.0400. The highest BCUT2D eigenvalue weighted by molar-refractivity contribution is 6.37. The van der Waals surface area contributed by atoms with E-state index in [0.29, 0.717) is 21.4 Å². The van der Waals surface area contributed by atoms with Gasteiger partial charge in [-0.3, -0.25) is 4.79 Å². The van der Waals surface area contributed by atoms with Crippen molar-refractivity contribution in [1.29, 1.82) is 0 Å². The third-order valence-corrected chi connectivity index (χ3v) is 3.86. The molecule has 0 aliphatic carbocycles. The first-order valence-electron chi connectivity index (χ1n) is 7.99. The molecule has 0 saturated carbocycles. The Balaban J connectivity index is 1.95. The first kappa shape index (κ1) is 20.1. The predicted molar refractivity (Wildman–Crippen MR) is 105 cm³/mol. The number of ether oxygens (including phenoxy) is 2. The Morgan fingerprint density at radius 1 is 1.19 bits per heavy atom. The molecule has 26 heavy (non-hydrogen) atoms. The number of hydrogen-bond acceptors (Lipinski definition) is 4. The van der Waals surface area contributed by atoms with E-state index < -0.39 is 0 Å². The molecule has 0 heterocycles. The van der Waals surface area contributed by atoms with Gasteiger partial charge >= 0.3 is 0 Å². The van der Waals surface area contributed by atoms with Crippen LogP contribution in [0.4, 0.5) is 0 Å². The molecule has 0 aromatic heterocycles. The van der Waals surface area contributed by atoms with E-state index in [1.807, 2.05) is 26.0 Å². The summed E-state index contributed by atoms with van der Waals surface area (Å²) in [6.45, 7) is 3.78. The summed E-state index contributed by atoms with van der Waals surface area (Å²) in [5.41, 5.74) is 3.99. The molecule has 2 rings (SSSR count). The van der Waals surface area contributed by atoms with Crippen LogP contribution in [0.25, 0.3) is 0 Å². The first-order chi connectivity index (χ1) is 12.4. The summed E-state index contributed by atoms with van der Waals surface area (Å²) in [4.78, 5) is 11.9. The third-order valence-electron chi connectivity index (χ3n) is 3.30. The quantitative estimate of drug-likeness (QED) is 0.556. The third kappa shape index (κ3) is 5.93. The monoisotopic (exact) mass is 394 g/mol. The molecule has 0 unspecified atom stereocenters. The molecule has 2 aromatic rings. The van der Waals surface area contributed by atoms with Gasteiger partial charge in [0.15, 0.2) is 5.75 Å². The second-order valence-corrected chi connectivity index (χ2v) is 6.61. The number of rotatable bonds is 7. The van der Waals surface area contributed by atoms with Gasteiger partial charge in [-0.1, -0.05) is 35.3 Å². The van der Waals surface area contributed by atoms with Gasteiger partial charge in [-0.15, -0.1) is 0 Å². The first-order valence-corrected chi connectivity index (χ1v) is 8.75. The average Bonchev–Trinajstić information content (AvgIpc) is 2.58. The number of halogens is 2. The van der Waals surface area contributed by atoms with Crippen LogP contribution in [-0.2, 0) is 11.2 Å². The van der Waals surface area contributed by atoms with Crippen LogP contribution in [-0.4, -0.2) is 25.3 Å². The van der Waals surface area contributed by atoms with Crippen molar-refractivity contribution >= 4 is 35.3 Å². The van der Waals surface area contributed by atoms with Crippen molar-refractivity contribution in [2.45, 2.75) is 26.4 Å². The topological polar surface area (TPSA) is 59.9 Å². The largest absolute Gasteiger partial charge is 0.497 e. The number of nitrogens with zero attached hydrogens (tertiary/aromatic N) is 1. The molecule has 0 saturated heterocycles. The number of benzene rings is 2. The average molecular weight is 395 g/mol. The van der Waals surface area contributed by atoms with Gasteiger partial charge in [-0.05, 0) is 49.2 Å². The summed E-state index contributed by atoms with van der Waals surface area (Å²) in [6.07, 6.45) is 1.65. The molecule has 0 atom stereocenters. The number of hydrogen-bond donors (Lipinski definition) is 1. The highest BCUT2D eigenvalue weighted by Gasteiger charge is 2.10. The zero-order valence-electron chi connectivity index (χ0n) is 14.8. The standard InChI is InChI=1S/C19H20Cl2N2O3/c1-12(2)26-19-16(20)8-14(9-17(19)21)11-22-23-18(24)10-13-4-6-15(25-3)7-5-13/h4-9,11-12H,10H2,1-3H3,(H,23,24)/b22-11-. The van der Waals surface area contributed by atoms with Gasteiger partial charge in [0.1, 0.15) is 5.75 Å². The van der Waals surface area contributed by atoms with Crippen molar-refractivity contribution in [3.05, 3.63) is 57.6 Å². The van der Waals surface area contributed by atoms with Crippen molar-refractivity contribution in [3.63, 3.8) is 0 Å². The summed E-state index contributed by atoms with van der Waals surface area (Å²) in [5.74, 6) is 0.943. The van der Waals surface area contributed by atoms with Crippen LogP contribution in [0, 0.1) is 0 Å². The van der Waals surface area contributed by atoms with E-state index in [2.05, 4.69) is 10.5 Å². The molecule has 0 aliphatic rings. The van der Waals surface area contributed by atoms with Crippen molar-refractivity contribution in [2.24, 2.45) is 5.10 Å². The molecule has 5 nitrogen and oxygen atoms in total. The Morgan fingerprint density at radius 2 is 1.81 bits per heavy atom. The number of nitrogens with one attached hydrogen (secondary N) is 1. The number of amides is 1. The second kappa shape index (κ2) is 9.46. The predicted octanol–water partition coefficient (Wildman–Crippen LogP) is 4.48. The van der Waals surface area contributed by atoms with E-state index in [4.69, 9.17) is 32.7 Å². The molecule has 0 fully saturated rings. The minimum Gasteiger partial charge on any atom is -0.497 e. The van der Waals surface area contributed by atoms with Gasteiger partial charge in [-0.25, -0.2) is 5.43 Å². The van der Waals surface area contributed by atoms with Crippen LogP contribution in [0.2, 0.25) is 10.0 Å². The molecule has 0 bridgehead atoms. The van der Waals surface area contributed by atoms with Crippen LogP contribution >= 0.6 is 23.2 Å². The zero-order valence-corrected chi connectivity index (χ0v) is 16.3. The minimum atomic E-state index is -0.233. The summed E-state index contributed by atoms with van der Waals surface area (Å²) in [6, 6.07) is 10.6. The highest BCUT2D eigenvalue weighted by Crippen LogP contribution is 2.34. The molecule has 7 heteroatoms. The number of hydrazone groups is 1. The van der Waals surface area contributed by atoms with Gasteiger partial charge in [0, 0.05) is 0 Å². The number of carbonyl (C=O) groups is 1. The second-order valence-electron chi connectivity index (χ2n) is 5.80. The summed E-state index contributed by atoms with van der Waals surface area (Å²) in [5, 5.41) is 4.71.